The maximum Gasteiger partial charge on any atom is 2.00 e. The number of halogens is 2. The van der Waals surface area contributed by atoms with E-state index < -0.39 is 12.3 Å². The molecule has 0 atom stereocenters. The second kappa shape index (κ2) is 58.9. The summed E-state index contributed by atoms with van der Waals surface area (Å²) >= 11 is 0. The molecule has 8 rings (SSSR count). The standard InChI is InChI=1S/2C24H20B.2C14H30N2P2.2CO.2BrH.2Fe/c2*1-5-13-21(14-6-1)25(22-15-7-2-8-16-22,23-17-9-3-10-18-23)24-19-11-4-12-20-24;2*1-5-17(6-2)13-11-15-9-10-16-12-14-18(7-3)8-4;2*1-2;;;;/h2*1-20H;2*11-12H,5-10,13-14H2,1-4H3;;;2*1H;;/q2*-1;;;;;;;2*+2/p-2. The summed E-state index contributed by atoms with van der Waals surface area (Å²) < 4.78 is 15.0. The smallest absolute Gasteiger partial charge is 0.195 e. The van der Waals surface area contributed by atoms with Gasteiger partial charge in [0.2, 0.25) is 0 Å². The van der Waals surface area contributed by atoms with Gasteiger partial charge in [-0.1, -0.05) is 298 Å². The molecule has 0 aliphatic carbocycles. The molecule has 8 aromatic rings. The van der Waals surface area contributed by atoms with Crippen LogP contribution in [0.2, 0.25) is 0 Å². The predicted molar refractivity (Wildman–Crippen MR) is 413 cm³/mol. The summed E-state index contributed by atoms with van der Waals surface area (Å²) in [5.74, 6) is 0. The normalized spacial score (nSPS) is 10.8. The van der Waals surface area contributed by atoms with E-state index in [-0.39, 0.29) is 99.8 Å². The van der Waals surface area contributed by atoms with Crippen molar-refractivity contribution in [3.63, 3.8) is 0 Å². The molecule has 0 spiro atoms. The van der Waals surface area contributed by atoms with Crippen molar-refractivity contribution < 1.29 is 77.4 Å². The quantitative estimate of drug-likeness (QED) is 0.0108. The Hall–Kier alpha value is -4.23. The molecule has 94 heavy (non-hydrogen) atoms. The molecule has 0 aliphatic rings. The van der Waals surface area contributed by atoms with Gasteiger partial charge in [0, 0.05) is 49.5 Å². The molecule has 6 nitrogen and oxygen atoms in total. The Labute approximate surface area is 616 Å². The van der Waals surface area contributed by atoms with Gasteiger partial charge in [-0.05, 0) is 49.3 Å². The van der Waals surface area contributed by atoms with Crippen molar-refractivity contribution in [2.75, 3.05) is 100 Å². The van der Waals surface area contributed by atoms with E-state index in [1.54, 1.807) is 0 Å². The summed E-state index contributed by atoms with van der Waals surface area (Å²) in [5, 5.41) is 0. The van der Waals surface area contributed by atoms with Gasteiger partial charge in [-0.2, -0.15) is 43.7 Å². The summed E-state index contributed by atoms with van der Waals surface area (Å²) in [6, 6.07) is 87.1. The van der Waals surface area contributed by atoms with Crippen LogP contribution in [0.3, 0.4) is 0 Å². The van der Waals surface area contributed by atoms with Gasteiger partial charge in [-0.25, -0.2) is 0 Å². The van der Waals surface area contributed by atoms with Gasteiger partial charge in [-0.3, -0.25) is 20.0 Å². The predicted octanol–water partition coefficient (Wildman–Crippen LogP) is 8.40. The fraction of sp³-hybridized carbons (Fsp3) is 0.308. The van der Waals surface area contributed by atoms with E-state index >= 15 is 0 Å². The zero-order valence-electron chi connectivity index (χ0n) is 56.7. The van der Waals surface area contributed by atoms with Crippen molar-refractivity contribution in [2.45, 2.75) is 55.4 Å². The van der Waals surface area contributed by atoms with Gasteiger partial charge in [0.05, 0.1) is 26.2 Å². The van der Waals surface area contributed by atoms with Crippen LogP contribution in [0.4, 0.5) is 0 Å². The van der Waals surface area contributed by atoms with Crippen LogP contribution in [0, 0.1) is 13.3 Å². The van der Waals surface area contributed by atoms with E-state index in [0.29, 0.717) is 0 Å². The first-order chi connectivity index (χ1) is 44.4. The number of rotatable bonds is 30. The zero-order chi connectivity index (χ0) is 65.2. The third-order valence-electron chi connectivity index (χ3n) is 16.6. The molecule has 0 aliphatic heterocycles. The molecule has 16 heteroatoms. The summed E-state index contributed by atoms with van der Waals surface area (Å²) in [7, 11) is 0.871. The Morgan fingerprint density at radius 1 is 0.255 bits per heavy atom. The monoisotopic (exact) mass is 1540 g/mol. The molecule has 0 aromatic heterocycles. The molecule has 0 unspecified atom stereocenters. The number of benzene rings is 8. The van der Waals surface area contributed by atoms with E-state index in [1.807, 2.05) is 0 Å². The van der Waals surface area contributed by atoms with Crippen molar-refractivity contribution >= 4 is 113 Å². The second-order valence-corrected chi connectivity index (χ2v) is 33.2. The fourth-order valence-electron chi connectivity index (χ4n) is 11.5. The SMILES string of the molecule is CCP(CC)CC=NCCN=CCP(CC)CC.CCP(CC)CC=NCCN=CCP(CC)CC.[Br-].[Br-].[C-]#[O+].[C-]#[O+].[Fe+2].[Fe+2].c1ccc([B-](c2ccccc2)(c2ccccc2)c2ccccc2)cc1.c1ccc([B-](c2ccccc2)(c2ccccc2)c2ccccc2)cc1. The molecule has 0 heterocycles. The zero-order valence-corrected chi connectivity index (χ0v) is 65.7. The van der Waals surface area contributed by atoms with Crippen LogP contribution in [0.25, 0.3) is 0 Å². The van der Waals surface area contributed by atoms with Crippen LogP contribution < -0.4 is 77.7 Å². The molecule has 0 bridgehead atoms. The molecule has 0 fully saturated rings. The average molecular weight is 1540 g/mol. The van der Waals surface area contributed by atoms with E-state index in [4.69, 9.17) is 9.30 Å². The molecule has 0 saturated carbocycles. The average Bonchev–Trinajstić information content (AvgIpc) is 0.752. The van der Waals surface area contributed by atoms with E-state index in [1.165, 1.54) is 118 Å². The largest absolute Gasteiger partial charge is 2.00 e. The minimum absolute atomic E-state index is 0. The Balaban J connectivity index is 0. The van der Waals surface area contributed by atoms with E-state index in [2.05, 4.69) is 356 Å². The van der Waals surface area contributed by atoms with Crippen LogP contribution in [0.1, 0.15) is 55.4 Å². The number of aliphatic imine (C=N–C) groups is 4. The molecule has 0 saturated heterocycles. The van der Waals surface area contributed by atoms with Gasteiger partial charge >= 0.3 is 56.7 Å². The molecule has 500 valence electrons. The van der Waals surface area contributed by atoms with Crippen LogP contribution >= 0.6 is 31.7 Å². The maximum atomic E-state index is 7.50. The van der Waals surface area contributed by atoms with Crippen molar-refractivity contribution in [3.8, 4) is 0 Å². The van der Waals surface area contributed by atoms with E-state index in [0.717, 1.165) is 26.2 Å². The number of nitrogens with zero attached hydrogens (tertiary/aromatic N) is 4. The molecule has 0 radical (unpaired) electrons. The van der Waals surface area contributed by atoms with Crippen molar-refractivity contribution in [3.05, 3.63) is 256 Å². The molecule has 0 amide bonds. The van der Waals surface area contributed by atoms with Gasteiger partial charge in [0.15, 0.2) is 0 Å². The van der Waals surface area contributed by atoms with Crippen LogP contribution in [0.5, 0.6) is 0 Å². The van der Waals surface area contributed by atoms with Crippen LogP contribution in [0.15, 0.2) is 263 Å². The molecular formula is C78H100B2Br2Fe2N4O2P4. The minimum Gasteiger partial charge on any atom is -0.195 e. The summed E-state index contributed by atoms with van der Waals surface area (Å²) in [4.78, 5) is 17.8. The van der Waals surface area contributed by atoms with Gasteiger partial charge in [0.1, 0.15) is 12.3 Å². The summed E-state index contributed by atoms with van der Waals surface area (Å²) in [6.07, 6.45) is 21.5. The van der Waals surface area contributed by atoms with Gasteiger partial charge < -0.3 is 34.0 Å². The van der Waals surface area contributed by atoms with Crippen molar-refractivity contribution in [2.24, 2.45) is 20.0 Å². The second-order valence-electron chi connectivity index (χ2n) is 21.3. The van der Waals surface area contributed by atoms with E-state index in [9.17, 15) is 0 Å². The Kier molecular flexibility index (Phi) is 57.5. The number of hydrogen-bond acceptors (Lipinski definition) is 4. The summed E-state index contributed by atoms with van der Waals surface area (Å²) in [6.45, 7) is 30.7. The van der Waals surface area contributed by atoms with Gasteiger partial charge in [0.25, 0.3) is 0 Å². The Bertz CT molecular complexity index is 2590. The first kappa shape index (κ1) is 91.8. The first-order valence-electron chi connectivity index (χ1n) is 32.4. The number of hydrogen-bond donors (Lipinski definition) is 0. The molecular weight excluding hydrogens is 1440 g/mol. The van der Waals surface area contributed by atoms with Crippen LogP contribution in [-0.2, 0) is 43.4 Å². The topological polar surface area (TPSA) is 89.2 Å². The Morgan fingerprint density at radius 3 is 0.479 bits per heavy atom. The summed E-state index contributed by atoms with van der Waals surface area (Å²) in [5.41, 5.74) is 10.7. The third kappa shape index (κ3) is 31.1. The third-order valence-corrected chi connectivity index (χ3v) is 26.4. The first-order valence-corrected chi connectivity index (χ1v) is 40.0. The van der Waals surface area contributed by atoms with Gasteiger partial charge in [-0.15, -0.1) is 31.7 Å². The maximum absolute atomic E-state index is 7.50. The Morgan fingerprint density at radius 2 is 0.372 bits per heavy atom. The van der Waals surface area contributed by atoms with Crippen molar-refractivity contribution in [1.82, 2.24) is 0 Å². The fourth-order valence-corrected chi connectivity index (χ4v) is 16.7. The van der Waals surface area contributed by atoms with Crippen molar-refractivity contribution in [1.29, 1.82) is 0 Å². The minimum atomic E-state index is -1.22. The van der Waals surface area contributed by atoms with Crippen LogP contribution in [-0.4, -0.2) is 137 Å². The molecule has 0 N–H and O–H groups in total. The molecule has 8 aromatic carbocycles.